The van der Waals surface area contributed by atoms with Crippen LogP contribution in [0, 0.1) is 12.3 Å². The molecule has 0 aliphatic heterocycles. The summed E-state index contributed by atoms with van der Waals surface area (Å²) in [6, 6.07) is 5.83. The Morgan fingerprint density at radius 1 is 0.970 bits per heavy atom. The molecule has 0 fully saturated rings. The van der Waals surface area contributed by atoms with Crippen molar-refractivity contribution in [3.05, 3.63) is 94.2 Å². The van der Waals surface area contributed by atoms with Gasteiger partial charge in [-0.05, 0) is 87.6 Å². The summed E-state index contributed by atoms with van der Waals surface area (Å²) in [5.74, 6) is 3.39. The van der Waals surface area contributed by atoms with Crippen molar-refractivity contribution < 1.29 is 4.74 Å². The zero-order valence-electron chi connectivity index (χ0n) is 23.1. The first-order chi connectivity index (χ1) is 15.5. The molecule has 1 rings (SSSR count). The summed E-state index contributed by atoms with van der Waals surface area (Å²) in [6.45, 7) is 33.4. The lowest BCUT2D eigenvalue weighted by molar-refractivity contribution is 0.413. The molecule has 33 heavy (non-hydrogen) atoms. The van der Waals surface area contributed by atoms with Crippen LogP contribution in [0.5, 0.6) is 5.75 Å². The zero-order valence-corrected chi connectivity index (χ0v) is 23.1. The van der Waals surface area contributed by atoms with Crippen LogP contribution in [0.4, 0.5) is 0 Å². The van der Waals surface area contributed by atoms with Gasteiger partial charge in [-0.2, -0.15) is 0 Å². The monoisotopic (exact) mass is 446 g/mol. The van der Waals surface area contributed by atoms with Gasteiger partial charge in [-0.3, -0.25) is 0 Å². The fraction of sp³-hybridized carbons (Fsp3) is 0.375. The van der Waals surface area contributed by atoms with Gasteiger partial charge in [0.1, 0.15) is 5.75 Å². The van der Waals surface area contributed by atoms with Crippen LogP contribution >= 0.6 is 0 Å². The molecule has 1 nitrogen and oxygen atoms in total. The highest BCUT2D eigenvalue weighted by Gasteiger charge is 2.22. The van der Waals surface area contributed by atoms with E-state index in [1.807, 2.05) is 52.8 Å². The number of benzene rings is 1. The summed E-state index contributed by atoms with van der Waals surface area (Å²) in [6.07, 6.45) is 8.90. The summed E-state index contributed by atoms with van der Waals surface area (Å²) in [4.78, 5) is 0. The lowest BCUT2D eigenvalue weighted by Gasteiger charge is -2.24. The quantitative estimate of drug-likeness (QED) is 0.299. The molecule has 0 amide bonds. The topological polar surface area (TPSA) is 9.23 Å². The third-order valence-electron chi connectivity index (χ3n) is 4.70. The molecular weight excluding hydrogens is 400 g/mol. The summed E-state index contributed by atoms with van der Waals surface area (Å²) in [5.41, 5.74) is 9.93. The van der Waals surface area contributed by atoms with Crippen LogP contribution in [-0.2, 0) is 0 Å². The Labute approximate surface area is 205 Å². The Morgan fingerprint density at radius 3 is 1.79 bits per heavy atom. The molecule has 1 aromatic rings. The van der Waals surface area contributed by atoms with Crippen LogP contribution in [0.3, 0.4) is 0 Å². The number of rotatable bonds is 7. The molecule has 0 saturated carbocycles. The Kier molecular flexibility index (Phi) is 16.2. The molecule has 0 saturated heterocycles. The molecule has 0 bridgehead atoms. The van der Waals surface area contributed by atoms with Gasteiger partial charge in [0.25, 0.3) is 0 Å². The number of terminal acetylenes is 1. The van der Waals surface area contributed by atoms with E-state index in [-0.39, 0.29) is 0 Å². The van der Waals surface area contributed by atoms with Gasteiger partial charge in [0.15, 0.2) is 0 Å². The molecular formula is C32H46O. The second-order valence-electron chi connectivity index (χ2n) is 7.90. The minimum absolute atomic E-state index is 0.718. The predicted octanol–water partition coefficient (Wildman–Crippen LogP) is 9.88. The number of hydrogen-bond donors (Lipinski definition) is 0. The maximum Gasteiger partial charge on any atom is 0.127 e. The van der Waals surface area contributed by atoms with Crippen LogP contribution in [0.2, 0.25) is 0 Å². The lowest BCUT2D eigenvalue weighted by atomic mass is 9.80. The minimum atomic E-state index is 0.718. The second kappa shape index (κ2) is 16.6. The van der Waals surface area contributed by atoms with Gasteiger partial charge in [0.05, 0.1) is 7.11 Å². The molecule has 0 N–H and O–H groups in total. The van der Waals surface area contributed by atoms with Crippen molar-refractivity contribution in [3.8, 4) is 18.1 Å². The minimum Gasteiger partial charge on any atom is -0.496 e. The Morgan fingerprint density at radius 2 is 1.45 bits per heavy atom. The first-order valence-corrected chi connectivity index (χ1v) is 11.7. The molecule has 1 heteroatoms. The van der Waals surface area contributed by atoms with E-state index in [2.05, 4.69) is 66.4 Å². The highest BCUT2D eigenvalue weighted by molar-refractivity contribution is 5.93. The molecule has 0 atom stereocenters. The average molecular weight is 447 g/mol. The number of ether oxygens (including phenoxy) is 1. The number of hydrogen-bond acceptors (Lipinski definition) is 1. The van der Waals surface area contributed by atoms with E-state index in [4.69, 9.17) is 11.2 Å². The molecule has 1 aromatic carbocycles. The maximum atomic E-state index is 5.72. The van der Waals surface area contributed by atoms with Crippen molar-refractivity contribution in [2.24, 2.45) is 0 Å². The first kappa shape index (κ1) is 32.2. The highest BCUT2D eigenvalue weighted by atomic mass is 16.5. The van der Waals surface area contributed by atoms with Crippen LogP contribution in [0.15, 0.2) is 83.0 Å². The molecule has 0 unspecified atom stereocenters. The summed E-state index contributed by atoms with van der Waals surface area (Å²) >= 11 is 0. The standard InChI is InChI=1S/C27H32O.C3H8.C2H6/c1-12-20(9)21(10)26(19(7)8)27(25(17(3)4)18(5)6)23-15-14-22(13-2)16-24(23)28-11;1-3-2;1-2/h2,12,14-16H,3,7,10H2,1,4-6,8-9,11H3;3H2,1-2H3;1-2H3/b20-12-,27-26-;;. The van der Waals surface area contributed by atoms with Crippen molar-refractivity contribution >= 4 is 5.57 Å². The third kappa shape index (κ3) is 9.19. The van der Waals surface area contributed by atoms with E-state index in [0.29, 0.717) is 0 Å². The van der Waals surface area contributed by atoms with Gasteiger partial charge >= 0.3 is 0 Å². The van der Waals surface area contributed by atoms with E-state index < -0.39 is 0 Å². The van der Waals surface area contributed by atoms with E-state index in [9.17, 15) is 0 Å². The molecule has 180 valence electrons. The van der Waals surface area contributed by atoms with Gasteiger partial charge in [0.2, 0.25) is 0 Å². The van der Waals surface area contributed by atoms with Gasteiger partial charge in [0, 0.05) is 16.7 Å². The average Bonchev–Trinajstić information content (AvgIpc) is 2.78. The van der Waals surface area contributed by atoms with Crippen molar-refractivity contribution in [2.45, 2.75) is 75.7 Å². The smallest absolute Gasteiger partial charge is 0.127 e. The molecule has 0 aromatic heterocycles. The van der Waals surface area contributed by atoms with Gasteiger partial charge in [-0.1, -0.05) is 77.0 Å². The molecule has 0 radical (unpaired) electrons. The lowest BCUT2D eigenvalue weighted by Crippen LogP contribution is -2.05. The molecule has 0 aliphatic carbocycles. The van der Waals surface area contributed by atoms with E-state index in [0.717, 1.165) is 61.5 Å². The second-order valence-corrected chi connectivity index (χ2v) is 7.90. The normalized spacial score (nSPS) is 10.8. The van der Waals surface area contributed by atoms with Gasteiger partial charge in [-0.15, -0.1) is 6.42 Å². The van der Waals surface area contributed by atoms with Crippen molar-refractivity contribution in [1.29, 1.82) is 0 Å². The van der Waals surface area contributed by atoms with Gasteiger partial charge in [-0.25, -0.2) is 0 Å². The van der Waals surface area contributed by atoms with Crippen LogP contribution in [0.25, 0.3) is 5.57 Å². The fourth-order valence-corrected chi connectivity index (χ4v) is 3.27. The third-order valence-corrected chi connectivity index (χ3v) is 4.70. The first-order valence-electron chi connectivity index (χ1n) is 11.7. The Bertz CT molecular complexity index is 964. The van der Waals surface area contributed by atoms with Crippen LogP contribution in [-0.4, -0.2) is 7.11 Å². The SMILES string of the molecule is C#Cc1ccc(/C(C(C(=C)C)=C(C)C)=C(\C(=C)C)C(=C)/C(C)=C\C)c(OC)c1.CC.CCC. The fourth-order valence-electron chi connectivity index (χ4n) is 3.27. The van der Waals surface area contributed by atoms with Crippen molar-refractivity contribution in [2.75, 3.05) is 7.11 Å². The van der Waals surface area contributed by atoms with Gasteiger partial charge < -0.3 is 4.74 Å². The van der Waals surface area contributed by atoms with Crippen molar-refractivity contribution in [1.82, 2.24) is 0 Å². The highest BCUT2D eigenvalue weighted by Crippen LogP contribution is 2.42. The Hall–Kier alpha value is -2.98. The van der Waals surface area contributed by atoms with E-state index in [1.54, 1.807) is 7.11 Å². The largest absolute Gasteiger partial charge is 0.496 e. The predicted molar refractivity (Wildman–Crippen MR) is 152 cm³/mol. The molecule has 0 spiro atoms. The Balaban J connectivity index is 0. The number of methoxy groups -OCH3 is 1. The van der Waals surface area contributed by atoms with E-state index in [1.165, 1.54) is 6.42 Å². The van der Waals surface area contributed by atoms with Crippen LogP contribution in [0.1, 0.15) is 86.8 Å². The van der Waals surface area contributed by atoms with E-state index >= 15 is 0 Å². The maximum absolute atomic E-state index is 5.72. The van der Waals surface area contributed by atoms with Crippen LogP contribution < -0.4 is 4.74 Å². The summed E-state index contributed by atoms with van der Waals surface area (Å²) in [7, 11) is 1.66. The zero-order chi connectivity index (χ0) is 26.3. The molecule has 0 aliphatic rings. The molecule has 0 heterocycles. The summed E-state index contributed by atoms with van der Waals surface area (Å²) in [5, 5.41) is 0. The van der Waals surface area contributed by atoms with Crippen molar-refractivity contribution in [3.63, 3.8) is 0 Å². The summed E-state index contributed by atoms with van der Waals surface area (Å²) < 4.78 is 5.72. The number of allylic oxidation sites excluding steroid dienone is 9.